The number of fused-ring (bicyclic) bond motifs is 1. The molecule has 168 valence electrons. The Labute approximate surface area is 182 Å². The summed E-state index contributed by atoms with van der Waals surface area (Å²) in [6.07, 6.45) is 1.84. The summed E-state index contributed by atoms with van der Waals surface area (Å²) in [6, 6.07) is 11.8. The third-order valence-corrected chi connectivity index (χ3v) is 6.31. The van der Waals surface area contributed by atoms with Gasteiger partial charge in [0.1, 0.15) is 5.78 Å². The van der Waals surface area contributed by atoms with Crippen LogP contribution in [0.4, 0.5) is 0 Å². The first-order chi connectivity index (χ1) is 14.7. The maximum Gasteiger partial charge on any atom is 0.264 e. The van der Waals surface area contributed by atoms with E-state index in [-0.39, 0.29) is 35.5 Å². The molecule has 0 unspecified atom stereocenters. The van der Waals surface area contributed by atoms with Crippen LogP contribution < -0.4 is 15.4 Å². The number of benzene rings is 2. The fourth-order valence-corrected chi connectivity index (χ4v) is 4.21. The molecule has 2 aromatic rings. The maximum absolute atomic E-state index is 12.4. The van der Waals surface area contributed by atoms with Crippen molar-refractivity contribution in [2.24, 2.45) is 0 Å². The number of ketones is 1. The molecule has 2 rings (SSSR count). The Morgan fingerprint density at radius 2 is 1.61 bits per heavy atom. The molecule has 0 fully saturated rings. The molecule has 2 amide bonds. The van der Waals surface area contributed by atoms with Crippen LogP contribution in [0.5, 0.6) is 0 Å². The average molecular weight is 448 g/mol. The van der Waals surface area contributed by atoms with Gasteiger partial charge in [-0.3, -0.25) is 14.4 Å². The Kier molecular flexibility index (Phi) is 9.14. The van der Waals surface area contributed by atoms with Gasteiger partial charge in [-0.2, -0.15) is 0 Å². The van der Waals surface area contributed by atoms with Crippen LogP contribution in [0.25, 0.3) is 10.8 Å². The van der Waals surface area contributed by atoms with Crippen LogP contribution in [-0.2, 0) is 24.4 Å². The Morgan fingerprint density at radius 1 is 0.935 bits per heavy atom. The van der Waals surface area contributed by atoms with E-state index in [1.54, 1.807) is 25.2 Å². The van der Waals surface area contributed by atoms with Crippen LogP contribution >= 0.6 is 0 Å². The highest BCUT2D eigenvalue weighted by molar-refractivity contribution is 7.90. The largest absolute Gasteiger partial charge is 0.356 e. The van der Waals surface area contributed by atoms with Crippen LogP contribution in [0.1, 0.15) is 39.0 Å². The number of unbranched alkanes of at least 4 members (excludes halogenated alkanes) is 1. The topological polar surface area (TPSA) is 121 Å². The van der Waals surface area contributed by atoms with Crippen molar-refractivity contribution in [3.05, 3.63) is 42.5 Å². The first-order valence-corrected chi connectivity index (χ1v) is 11.7. The smallest absolute Gasteiger partial charge is 0.264 e. The zero-order chi connectivity index (χ0) is 22.9. The van der Waals surface area contributed by atoms with Gasteiger partial charge in [-0.25, -0.2) is 13.1 Å². The van der Waals surface area contributed by atoms with Gasteiger partial charge in [0.25, 0.3) is 10.0 Å². The van der Waals surface area contributed by atoms with Gasteiger partial charge < -0.3 is 10.6 Å². The summed E-state index contributed by atoms with van der Waals surface area (Å²) in [5, 5.41) is 7.29. The summed E-state index contributed by atoms with van der Waals surface area (Å²) >= 11 is 0. The molecule has 0 aliphatic heterocycles. The van der Waals surface area contributed by atoms with E-state index in [0.717, 1.165) is 17.2 Å². The second kappa shape index (κ2) is 11.6. The van der Waals surface area contributed by atoms with Gasteiger partial charge in [0, 0.05) is 19.4 Å². The number of amides is 2. The lowest BCUT2D eigenvalue weighted by Crippen LogP contribution is -2.33. The number of likely N-dealkylation sites (N-methyl/N-ethyl adjacent to an activating group) is 1. The number of rotatable bonds is 12. The van der Waals surface area contributed by atoms with Crippen molar-refractivity contribution in [3.8, 4) is 0 Å². The summed E-state index contributed by atoms with van der Waals surface area (Å²) in [5.41, 5.74) is 0. The molecule has 0 spiro atoms. The van der Waals surface area contributed by atoms with Crippen LogP contribution in [0.2, 0.25) is 0 Å². The van der Waals surface area contributed by atoms with Crippen molar-refractivity contribution in [2.75, 3.05) is 13.6 Å². The molecule has 1 atom stereocenters. The van der Waals surface area contributed by atoms with Crippen LogP contribution in [0.3, 0.4) is 0 Å². The van der Waals surface area contributed by atoms with Crippen LogP contribution in [0, 0.1) is 0 Å². The molecule has 0 heterocycles. The number of Topliss-reactive ketones (excluding diaryl/α,β-unsaturated/α-hetero) is 1. The standard InChI is InChI=1S/C22H29N3O5S/c1-16(26)20(23-2)9-5-6-14-24-21(27)12-13-22(28)25-31(29,30)19-11-10-17-7-3-4-8-18(17)15-19/h3-4,7-8,10-11,15,20,23H,5-6,9,12-14H2,1-2H3,(H,24,27)(H,25,28)/t20-/m0/s1. The molecule has 0 radical (unpaired) electrons. The molecule has 0 saturated carbocycles. The van der Waals surface area contributed by atoms with E-state index in [4.69, 9.17) is 0 Å². The van der Waals surface area contributed by atoms with Crippen molar-refractivity contribution in [2.45, 2.75) is 50.0 Å². The third kappa shape index (κ3) is 7.76. The Balaban J connectivity index is 1.73. The number of nitrogens with one attached hydrogen (secondary N) is 3. The number of carbonyl (C=O) groups is 3. The van der Waals surface area contributed by atoms with Gasteiger partial charge in [-0.05, 0) is 56.1 Å². The zero-order valence-electron chi connectivity index (χ0n) is 17.8. The number of hydrogen-bond donors (Lipinski definition) is 3. The highest BCUT2D eigenvalue weighted by Crippen LogP contribution is 2.18. The lowest BCUT2D eigenvalue weighted by atomic mass is 10.1. The monoisotopic (exact) mass is 447 g/mol. The summed E-state index contributed by atoms with van der Waals surface area (Å²) in [6.45, 7) is 1.97. The molecule has 0 aliphatic carbocycles. The first-order valence-electron chi connectivity index (χ1n) is 10.2. The Hall–Kier alpha value is -2.78. The predicted octanol–water partition coefficient (Wildman–Crippen LogP) is 1.89. The van der Waals surface area contributed by atoms with E-state index in [1.165, 1.54) is 19.1 Å². The molecule has 0 bridgehead atoms. The summed E-state index contributed by atoms with van der Waals surface area (Å²) in [4.78, 5) is 35.2. The lowest BCUT2D eigenvalue weighted by Gasteiger charge is -2.12. The normalized spacial score (nSPS) is 12.3. The van der Waals surface area contributed by atoms with Gasteiger partial charge >= 0.3 is 0 Å². The molecule has 3 N–H and O–H groups in total. The molecule has 0 saturated heterocycles. The third-order valence-electron chi connectivity index (χ3n) is 4.94. The number of sulfonamides is 1. The lowest BCUT2D eigenvalue weighted by molar-refractivity contribution is -0.125. The Morgan fingerprint density at radius 3 is 2.29 bits per heavy atom. The molecular weight excluding hydrogens is 418 g/mol. The zero-order valence-corrected chi connectivity index (χ0v) is 18.6. The summed E-state index contributed by atoms with van der Waals surface area (Å²) < 4.78 is 26.9. The average Bonchev–Trinajstić information content (AvgIpc) is 2.73. The van der Waals surface area contributed by atoms with Gasteiger partial charge in [-0.1, -0.05) is 30.3 Å². The minimum absolute atomic E-state index is 0.00515. The quantitative estimate of drug-likeness (QED) is 0.427. The fraction of sp³-hybridized carbons (Fsp3) is 0.409. The van der Waals surface area contributed by atoms with Crippen LogP contribution in [-0.4, -0.2) is 45.6 Å². The maximum atomic E-state index is 12.4. The molecule has 0 aromatic heterocycles. The molecule has 9 heteroatoms. The Bertz CT molecular complexity index is 1040. The summed E-state index contributed by atoms with van der Waals surface area (Å²) in [7, 11) is -2.27. The minimum atomic E-state index is -4.01. The van der Waals surface area contributed by atoms with E-state index in [2.05, 4.69) is 10.6 Å². The van der Waals surface area contributed by atoms with E-state index in [1.807, 2.05) is 16.9 Å². The molecular formula is C22H29N3O5S. The van der Waals surface area contributed by atoms with Gasteiger partial charge in [0.15, 0.2) is 0 Å². The molecule has 2 aromatic carbocycles. The van der Waals surface area contributed by atoms with E-state index in [9.17, 15) is 22.8 Å². The highest BCUT2D eigenvalue weighted by atomic mass is 32.2. The summed E-state index contributed by atoms with van der Waals surface area (Å²) in [5.74, 6) is -0.979. The van der Waals surface area contributed by atoms with Gasteiger partial charge in [0.05, 0.1) is 10.9 Å². The van der Waals surface area contributed by atoms with Crippen molar-refractivity contribution >= 4 is 38.4 Å². The number of carbonyl (C=O) groups excluding carboxylic acids is 3. The fourth-order valence-electron chi connectivity index (χ4n) is 3.16. The van der Waals surface area contributed by atoms with Gasteiger partial charge in [-0.15, -0.1) is 0 Å². The molecule has 0 aliphatic rings. The minimum Gasteiger partial charge on any atom is -0.356 e. The first kappa shape index (κ1) is 24.5. The van der Waals surface area contributed by atoms with E-state index in [0.29, 0.717) is 19.4 Å². The van der Waals surface area contributed by atoms with Crippen molar-refractivity contribution in [1.82, 2.24) is 15.4 Å². The second-order valence-electron chi connectivity index (χ2n) is 7.34. The molecule has 31 heavy (non-hydrogen) atoms. The van der Waals surface area contributed by atoms with Crippen molar-refractivity contribution in [1.29, 1.82) is 0 Å². The second-order valence-corrected chi connectivity index (χ2v) is 9.02. The van der Waals surface area contributed by atoms with Crippen molar-refractivity contribution < 1.29 is 22.8 Å². The van der Waals surface area contributed by atoms with Gasteiger partial charge in [0.2, 0.25) is 11.8 Å². The van der Waals surface area contributed by atoms with E-state index < -0.39 is 15.9 Å². The SMILES string of the molecule is CN[C@@H](CCCCNC(=O)CCC(=O)NS(=O)(=O)c1ccc2ccccc2c1)C(C)=O. The number of hydrogen-bond acceptors (Lipinski definition) is 6. The molecule has 8 nitrogen and oxygen atoms in total. The van der Waals surface area contributed by atoms with E-state index >= 15 is 0 Å². The van der Waals surface area contributed by atoms with Crippen LogP contribution in [0.15, 0.2) is 47.4 Å². The van der Waals surface area contributed by atoms with Crippen molar-refractivity contribution in [3.63, 3.8) is 0 Å². The predicted molar refractivity (Wildman–Crippen MR) is 119 cm³/mol. The highest BCUT2D eigenvalue weighted by Gasteiger charge is 2.18.